The van der Waals surface area contributed by atoms with Gasteiger partial charge >= 0.3 is 26.2 Å². The zero-order chi connectivity index (χ0) is 38.0. The number of carboxylic acid groups (broad SMARTS) is 2. The first-order chi connectivity index (χ1) is 24.3. The van der Waals surface area contributed by atoms with Crippen molar-refractivity contribution in [2.45, 2.75) is 148 Å². The summed E-state index contributed by atoms with van der Waals surface area (Å²) in [5.41, 5.74) is 0.153. The molecule has 286 valence electrons. The molecule has 7 N–H and O–H groups in total. The van der Waals surface area contributed by atoms with Gasteiger partial charge in [0.2, 0.25) is 0 Å². The lowest BCUT2D eigenvalue weighted by atomic mass is 9.72. The lowest BCUT2D eigenvalue weighted by Crippen LogP contribution is -2.40. The Hall–Kier alpha value is -3.06. The molecule has 1 amide bonds. The molecule has 0 saturated heterocycles. The van der Waals surface area contributed by atoms with Crippen LogP contribution in [0.1, 0.15) is 159 Å². The van der Waals surface area contributed by atoms with E-state index in [0.717, 1.165) is 77.0 Å². The van der Waals surface area contributed by atoms with Crippen LogP contribution in [0.25, 0.3) is 0 Å². The molecule has 0 bridgehead atoms. The average molecular weight is 718 g/mol. The Balaban J connectivity index is 2.01. The largest absolute Gasteiger partial charge is 0.488 e. The van der Waals surface area contributed by atoms with Crippen LogP contribution in [0, 0.1) is 11.8 Å². The van der Waals surface area contributed by atoms with Crippen molar-refractivity contribution in [2.75, 3.05) is 6.54 Å². The molecule has 0 aromatic heterocycles. The number of hydrogen-bond donors (Lipinski definition) is 7. The number of carbonyl (C=O) groups is 5. The number of Topliss-reactive ketones (excluding diaryl/α,β-unsaturated/α-hetero) is 2. The van der Waals surface area contributed by atoms with E-state index < -0.39 is 43.9 Å². The van der Waals surface area contributed by atoms with E-state index in [1.165, 1.54) is 37.5 Å². The second-order valence-corrected chi connectivity index (χ2v) is 13.9. The summed E-state index contributed by atoms with van der Waals surface area (Å²) in [7, 11) is -3.65. The van der Waals surface area contributed by atoms with E-state index in [1.807, 2.05) is 0 Å². The Kier molecular flexibility index (Phi) is 24.8. The quantitative estimate of drug-likeness (QED) is 0.0419. The van der Waals surface area contributed by atoms with Crippen LogP contribution in [-0.2, 0) is 19.2 Å². The molecule has 0 radical (unpaired) electrons. The summed E-state index contributed by atoms with van der Waals surface area (Å²) in [4.78, 5) is 59.5. The molecular formula is C37H61B2NO11. The van der Waals surface area contributed by atoms with Crippen LogP contribution < -0.4 is 16.2 Å². The highest BCUT2D eigenvalue weighted by molar-refractivity contribution is 6.62. The third-order valence-corrected chi connectivity index (χ3v) is 9.36. The minimum atomic E-state index is -1.83. The summed E-state index contributed by atoms with van der Waals surface area (Å²) in [6.07, 6.45) is 17.5. The van der Waals surface area contributed by atoms with Gasteiger partial charge in [-0.25, -0.2) is 0 Å². The maximum atomic E-state index is 12.4. The summed E-state index contributed by atoms with van der Waals surface area (Å²) < 4.78 is 0. The molecule has 1 rings (SSSR count). The first-order valence-electron chi connectivity index (χ1n) is 19.0. The van der Waals surface area contributed by atoms with Crippen molar-refractivity contribution in [2.24, 2.45) is 11.8 Å². The third-order valence-electron chi connectivity index (χ3n) is 9.36. The van der Waals surface area contributed by atoms with E-state index in [1.54, 1.807) is 6.92 Å². The summed E-state index contributed by atoms with van der Waals surface area (Å²) in [5, 5.41) is 58.8. The average Bonchev–Trinajstić information content (AvgIpc) is 3.08. The van der Waals surface area contributed by atoms with Crippen molar-refractivity contribution < 1.29 is 54.3 Å². The zero-order valence-corrected chi connectivity index (χ0v) is 30.5. The van der Waals surface area contributed by atoms with Crippen molar-refractivity contribution in [1.29, 1.82) is 0 Å². The molecule has 51 heavy (non-hydrogen) atoms. The molecule has 0 unspecified atom stereocenters. The molecule has 1 aromatic carbocycles. The number of carbonyl (C=O) groups excluding carboxylic acids is 3. The molecule has 0 spiro atoms. The maximum Gasteiger partial charge on any atom is 0.488 e. The molecule has 0 heterocycles. The first kappa shape index (κ1) is 46.0. The second kappa shape index (κ2) is 27.6. The van der Waals surface area contributed by atoms with Gasteiger partial charge in [0.15, 0.2) is 0 Å². The van der Waals surface area contributed by atoms with Crippen LogP contribution in [0.5, 0.6) is 0 Å². The fourth-order valence-corrected chi connectivity index (χ4v) is 6.02. The van der Waals surface area contributed by atoms with Gasteiger partial charge in [0.25, 0.3) is 5.91 Å². The van der Waals surface area contributed by atoms with Crippen LogP contribution >= 0.6 is 0 Å². The van der Waals surface area contributed by atoms with E-state index in [-0.39, 0.29) is 47.3 Å². The second-order valence-electron chi connectivity index (χ2n) is 13.9. The lowest BCUT2D eigenvalue weighted by molar-refractivity contribution is -0.144. The predicted molar refractivity (Wildman–Crippen MR) is 198 cm³/mol. The van der Waals surface area contributed by atoms with Crippen LogP contribution in [0.4, 0.5) is 0 Å². The smallest absolute Gasteiger partial charge is 0.481 e. The number of amides is 1. The Labute approximate surface area is 304 Å². The van der Waals surface area contributed by atoms with Gasteiger partial charge in [-0.05, 0) is 55.2 Å². The van der Waals surface area contributed by atoms with Crippen LogP contribution in [0.15, 0.2) is 18.2 Å². The van der Waals surface area contributed by atoms with Gasteiger partial charge in [-0.2, -0.15) is 0 Å². The highest BCUT2D eigenvalue weighted by Gasteiger charge is 2.22. The molecule has 0 saturated carbocycles. The SMILES string of the molecule is C[C@@H](CCCCCC(=O)CC[C@H](CC(=O)CCCCCCCCCCCCCCCNC(=O)c1cc(B(O)O)cc(B(O)O)c1)C(=O)O)C(=O)O. The fraction of sp³-hybridized carbons (Fsp3) is 0.703. The molecule has 0 aliphatic rings. The predicted octanol–water partition coefficient (Wildman–Crippen LogP) is 3.92. The maximum absolute atomic E-state index is 12.4. The molecule has 14 heteroatoms. The Morgan fingerprint density at radius 2 is 1.02 bits per heavy atom. The van der Waals surface area contributed by atoms with Crippen LogP contribution in [-0.4, -0.2) is 80.5 Å². The Morgan fingerprint density at radius 1 is 0.569 bits per heavy atom. The summed E-state index contributed by atoms with van der Waals surface area (Å²) in [5.74, 6) is -3.55. The van der Waals surface area contributed by atoms with E-state index in [9.17, 15) is 49.2 Å². The van der Waals surface area contributed by atoms with Crippen molar-refractivity contribution in [3.05, 3.63) is 23.8 Å². The van der Waals surface area contributed by atoms with Crippen molar-refractivity contribution in [1.82, 2.24) is 5.32 Å². The van der Waals surface area contributed by atoms with Crippen LogP contribution in [0.3, 0.4) is 0 Å². The summed E-state index contributed by atoms with van der Waals surface area (Å²) >= 11 is 0. The van der Waals surface area contributed by atoms with E-state index in [0.29, 0.717) is 32.2 Å². The van der Waals surface area contributed by atoms with Crippen LogP contribution in [0.2, 0.25) is 0 Å². The number of aliphatic carboxylic acids is 2. The minimum Gasteiger partial charge on any atom is -0.481 e. The van der Waals surface area contributed by atoms with Crippen molar-refractivity contribution in [3.8, 4) is 0 Å². The number of unbranched alkanes of at least 4 members (excludes halogenated alkanes) is 14. The summed E-state index contributed by atoms with van der Waals surface area (Å²) in [6.45, 7) is 2.14. The Bertz CT molecular complexity index is 1170. The van der Waals surface area contributed by atoms with Gasteiger partial charge in [0.05, 0.1) is 11.8 Å². The number of rotatable bonds is 32. The van der Waals surface area contributed by atoms with E-state index in [2.05, 4.69) is 5.32 Å². The fourth-order valence-electron chi connectivity index (χ4n) is 6.02. The number of hydrogen-bond acceptors (Lipinski definition) is 9. The molecule has 2 atom stereocenters. The minimum absolute atomic E-state index is 0.00805. The number of nitrogens with one attached hydrogen (secondary N) is 1. The highest BCUT2D eigenvalue weighted by atomic mass is 16.4. The van der Waals surface area contributed by atoms with E-state index in [4.69, 9.17) is 5.11 Å². The van der Waals surface area contributed by atoms with Gasteiger partial charge in [-0.1, -0.05) is 96.5 Å². The molecule has 0 aliphatic carbocycles. The number of carboxylic acids is 2. The number of ketones is 2. The lowest BCUT2D eigenvalue weighted by Gasteiger charge is -2.11. The molecule has 12 nitrogen and oxygen atoms in total. The van der Waals surface area contributed by atoms with Crippen molar-refractivity contribution >= 4 is 54.6 Å². The van der Waals surface area contributed by atoms with Gasteiger partial charge in [-0.3, -0.25) is 24.0 Å². The van der Waals surface area contributed by atoms with Gasteiger partial charge in [-0.15, -0.1) is 0 Å². The van der Waals surface area contributed by atoms with E-state index >= 15 is 0 Å². The zero-order valence-electron chi connectivity index (χ0n) is 30.5. The molecule has 0 aliphatic heterocycles. The monoisotopic (exact) mass is 717 g/mol. The number of benzene rings is 1. The van der Waals surface area contributed by atoms with Crippen molar-refractivity contribution in [3.63, 3.8) is 0 Å². The molecule has 1 aromatic rings. The summed E-state index contributed by atoms with van der Waals surface area (Å²) in [6, 6.07) is 3.85. The Morgan fingerprint density at radius 3 is 1.49 bits per heavy atom. The molecule has 0 fully saturated rings. The van der Waals surface area contributed by atoms with Gasteiger partial charge in [0, 0.05) is 37.8 Å². The van der Waals surface area contributed by atoms with Gasteiger partial charge in [0.1, 0.15) is 11.6 Å². The standard InChI is InChI=1S/C37H61B2NO11/c1-28(36(44)45)18-14-13-16-19-33(41)22-21-29(37(46)47)26-34(42)20-15-11-9-7-5-3-2-4-6-8-10-12-17-23-40-35(43)30-24-31(38(48)49)27-32(25-30)39(50)51/h24-25,27-29,48-51H,2-23,26H2,1H3,(H,40,43)(H,44,45)(H,46,47)/t28-,29+/m0/s1. The topological polar surface area (TPSA) is 219 Å². The highest BCUT2D eigenvalue weighted by Crippen LogP contribution is 2.18. The third kappa shape index (κ3) is 22.5. The first-order valence-corrected chi connectivity index (χ1v) is 19.0. The molecular weight excluding hydrogens is 656 g/mol. The normalized spacial score (nSPS) is 12.3. The van der Waals surface area contributed by atoms with Gasteiger partial charge < -0.3 is 35.6 Å².